The van der Waals surface area contributed by atoms with Crippen molar-refractivity contribution in [2.24, 2.45) is 11.8 Å². The Labute approximate surface area is 73.7 Å². The van der Waals surface area contributed by atoms with Crippen LogP contribution in [0.25, 0.3) is 0 Å². The highest BCUT2D eigenvalue weighted by atomic mass is 16.1. The van der Waals surface area contributed by atoms with Crippen LogP contribution in [0.15, 0.2) is 0 Å². The maximum atomic E-state index is 10.6. The molecule has 2 aliphatic rings. The lowest BCUT2D eigenvalue weighted by atomic mass is 9.75. The zero-order chi connectivity index (χ0) is 8.39. The first-order chi connectivity index (χ1) is 5.90. The third-order valence-electron chi connectivity index (χ3n) is 3.37. The van der Waals surface area contributed by atoms with Crippen molar-refractivity contribution in [1.29, 1.82) is 0 Å². The third kappa shape index (κ3) is 1.53. The van der Waals surface area contributed by atoms with Gasteiger partial charge in [0.05, 0.1) is 0 Å². The van der Waals surface area contributed by atoms with Crippen molar-refractivity contribution in [1.82, 2.24) is 5.32 Å². The zero-order valence-corrected chi connectivity index (χ0v) is 7.46. The molecule has 68 valence electrons. The molecule has 2 nitrogen and oxygen atoms in total. The van der Waals surface area contributed by atoms with Crippen LogP contribution in [-0.2, 0) is 4.79 Å². The van der Waals surface area contributed by atoms with E-state index in [1.54, 1.807) is 0 Å². The molecular formula is C10H17NO. The highest BCUT2D eigenvalue weighted by Gasteiger charge is 2.31. The van der Waals surface area contributed by atoms with Crippen molar-refractivity contribution < 1.29 is 4.79 Å². The summed E-state index contributed by atoms with van der Waals surface area (Å²) in [5.41, 5.74) is 0. The average Bonchev–Trinajstić information content (AvgIpc) is 2.17. The first-order valence-electron chi connectivity index (χ1n) is 5.09. The Morgan fingerprint density at radius 3 is 3.00 bits per heavy atom. The minimum Gasteiger partial charge on any atom is -0.314 e. The van der Waals surface area contributed by atoms with E-state index in [4.69, 9.17) is 0 Å². The number of aldehydes is 1. The number of hydrogen-bond donors (Lipinski definition) is 1. The fraction of sp³-hybridized carbons (Fsp3) is 0.900. The molecule has 1 heterocycles. The fourth-order valence-electron chi connectivity index (χ4n) is 2.66. The Morgan fingerprint density at radius 1 is 1.25 bits per heavy atom. The van der Waals surface area contributed by atoms with Crippen LogP contribution in [-0.4, -0.2) is 18.9 Å². The topological polar surface area (TPSA) is 29.1 Å². The molecule has 1 aliphatic carbocycles. The first kappa shape index (κ1) is 8.24. The normalized spacial score (nSPS) is 41.8. The van der Waals surface area contributed by atoms with Crippen molar-refractivity contribution in [3.63, 3.8) is 0 Å². The van der Waals surface area contributed by atoms with E-state index in [2.05, 4.69) is 5.32 Å². The third-order valence-corrected chi connectivity index (χ3v) is 3.37. The van der Waals surface area contributed by atoms with Gasteiger partial charge >= 0.3 is 0 Å². The van der Waals surface area contributed by atoms with Crippen LogP contribution < -0.4 is 5.32 Å². The highest BCUT2D eigenvalue weighted by molar-refractivity contribution is 5.53. The monoisotopic (exact) mass is 167 g/mol. The zero-order valence-electron chi connectivity index (χ0n) is 7.46. The average molecular weight is 167 g/mol. The van der Waals surface area contributed by atoms with E-state index >= 15 is 0 Å². The van der Waals surface area contributed by atoms with Gasteiger partial charge in [-0.05, 0) is 44.6 Å². The van der Waals surface area contributed by atoms with Gasteiger partial charge in [0.25, 0.3) is 0 Å². The number of carbonyl (C=O) groups excluding carboxylic acids is 1. The number of piperidine rings is 1. The van der Waals surface area contributed by atoms with E-state index in [1.165, 1.54) is 25.8 Å². The molecule has 0 radical (unpaired) electrons. The van der Waals surface area contributed by atoms with Gasteiger partial charge in [-0.1, -0.05) is 0 Å². The molecule has 0 aromatic rings. The largest absolute Gasteiger partial charge is 0.314 e. The molecule has 2 rings (SSSR count). The summed E-state index contributed by atoms with van der Waals surface area (Å²) in [7, 11) is 0. The Morgan fingerprint density at radius 2 is 2.17 bits per heavy atom. The van der Waals surface area contributed by atoms with Gasteiger partial charge in [-0.2, -0.15) is 0 Å². The van der Waals surface area contributed by atoms with Crippen molar-refractivity contribution in [3.8, 4) is 0 Å². The molecule has 12 heavy (non-hydrogen) atoms. The lowest BCUT2D eigenvalue weighted by Crippen LogP contribution is -2.44. The van der Waals surface area contributed by atoms with Crippen LogP contribution in [0.4, 0.5) is 0 Å². The summed E-state index contributed by atoms with van der Waals surface area (Å²) in [4.78, 5) is 10.6. The van der Waals surface area contributed by atoms with Crippen molar-refractivity contribution in [2.45, 2.75) is 38.1 Å². The van der Waals surface area contributed by atoms with Gasteiger partial charge in [-0.3, -0.25) is 0 Å². The predicted molar refractivity (Wildman–Crippen MR) is 47.9 cm³/mol. The summed E-state index contributed by atoms with van der Waals surface area (Å²) < 4.78 is 0. The number of hydrogen-bond acceptors (Lipinski definition) is 2. The number of nitrogens with one attached hydrogen (secondary N) is 1. The minimum atomic E-state index is 0.367. The maximum absolute atomic E-state index is 10.6. The summed E-state index contributed by atoms with van der Waals surface area (Å²) in [5.74, 6) is 1.16. The molecule has 0 spiro atoms. The van der Waals surface area contributed by atoms with Crippen molar-refractivity contribution >= 4 is 6.29 Å². The lowest BCUT2D eigenvalue weighted by Gasteiger charge is -2.38. The molecule has 1 saturated carbocycles. The molecule has 2 heteroatoms. The van der Waals surface area contributed by atoms with Gasteiger partial charge in [0.1, 0.15) is 6.29 Å². The van der Waals surface area contributed by atoms with Crippen LogP contribution in [0.2, 0.25) is 0 Å². The standard InChI is InChI=1S/C10H17NO/c12-7-8-3-4-10-9(6-8)2-1-5-11-10/h7-11H,1-6H2. The van der Waals surface area contributed by atoms with Crippen LogP contribution in [0, 0.1) is 11.8 Å². The Bertz CT molecular complexity index is 169. The summed E-state index contributed by atoms with van der Waals surface area (Å²) in [6.45, 7) is 1.19. The van der Waals surface area contributed by atoms with E-state index < -0.39 is 0 Å². The quantitative estimate of drug-likeness (QED) is 0.597. The van der Waals surface area contributed by atoms with Gasteiger partial charge in [-0.15, -0.1) is 0 Å². The summed E-state index contributed by atoms with van der Waals surface area (Å²) in [6, 6.07) is 0.731. The molecule has 0 bridgehead atoms. The number of fused-ring (bicyclic) bond motifs is 1. The molecule has 0 aromatic carbocycles. The molecular weight excluding hydrogens is 150 g/mol. The fourth-order valence-corrected chi connectivity index (χ4v) is 2.66. The Kier molecular flexibility index (Phi) is 2.45. The van der Waals surface area contributed by atoms with E-state index in [0.717, 1.165) is 31.1 Å². The van der Waals surface area contributed by atoms with E-state index in [9.17, 15) is 4.79 Å². The van der Waals surface area contributed by atoms with Crippen LogP contribution in [0.1, 0.15) is 32.1 Å². The Balaban J connectivity index is 1.93. The molecule has 0 aromatic heterocycles. The molecule has 3 unspecified atom stereocenters. The molecule has 3 atom stereocenters. The smallest absolute Gasteiger partial charge is 0.123 e. The van der Waals surface area contributed by atoms with E-state index in [1.807, 2.05) is 0 Å². The van der Waals surface area contributed by atoms with Gasteiger partial charge in [0.15, 0.2) is 0 Å². The van der Waals surface area contributed by atoms with Crippen LogP contribution >= 0.6 is 0 Å². The van der Waals surface area contributed by atoms with Crippen molar-refractivity contribution in [2.75, 3.05) is 6.54 Å². The van der Waals surface area contributed by atoms with Gasteiger partial charge in [-0.25, -0.2) is 0 Å². The summed E-state index contributed by atoms with van der Waals surface area (Å²) in [6.07, 6.45) is 7.26. The molecule has 0 amide bonds. The van der Waals surface area contributed by atoms with Crippen LogP contribution in [0.3, 0.4) is 0 Å². The highest BCUT2D eigenvalue weighted by Crippen LogP contribution is 2.33. The van der Waals surface area contributed by atoms with Crippen LogP contribution in [0.5, 0.6) is 0 Å². The molecule has 1 N–H and O–H groups in total. The number of rotatable bonds is 1. The van der Waals surface area contributed by atoms with Gasteiger partial charge in [0, 0.05) is 12.0 Å². The second kappa shape index (κ2) is 3.56. The number of carbonyl (C=O) groups is 1. The summed E-state index contributed by atoms with van der Waals surface area (Å²) >= 11 is 0. The van der Waals surface area contributed by atoms with E-state index in [0.29, 0.717) is 5.92 Å². The predicted octanol–water partition coefficient (Wildman–Crippen LogP) is 1.35. The second-order valence-electron chi connectivity index (χ2n) is 4.17. The van der Waals surface area contributed by atoms with Gasteiger partial charge in [0.2, 0.25) is 0 Å². The van der Waals surface area contributed by atoms with Crippen molar-refractivity contribution in [3.05, 3.63) is 0 Å². The second-order valence-corrected chi connectivity index (χ2v) is 4.17. The van der Waals surface area contributed by atoms with E-state index in [-0.39, 0.29) is 0 Å². The van der Waals surface area contributed by atoms with Gasteiger partial charge < -0.3 is 10.1 Å². The molecule has 1 aliphatic heterocycles. The maximum Gasteiger partial charge on any atom is 0.123 e. The molecule has 1 saturated heterocycles. The lowest BCUT2D eigenvalue weighted by molar-refractivity contribution is -0.112. The SMILES string of the molecule is O=CC1CCC2NCCCC2C1. The first-order valence-corrected chi connectivity index (χ1v) is 5.09. The Hall–Kier alpha value is -0.370. The molecule has 2 fully saturated rings. The summed E-state index contributed by atoms with van der Waals surface area (Å²) in [5, 5.41) is 3.55. The minimum absolute atomic E-state index is 0.367.